The predicted octanol–water partition coefficient (Wildman–Crippen LogP) is 5.99. The van der Waals surface area contributed by atoms with E-state index < -0.39 is 0 Å². The Kier molecular flexibility index (Phi) is 7.37. The van der Waals surface area contributed by atoms with Gasteiger partial charge in [0.15, 0.2) is 0 Å². The first-order valence-electron chi connectivity index (χ1n) is 10.4. The van der Waals surface area contributed by atoms with Crippen LogP contribution in [-0.4, -0.2) is 17.6 Å². The number of carbonyl (C=O) groups excluding carboxylic acids is 2. The average Bonchev–Trinajstić information content (AvgIpc) is 3.09. The summed E-state index contributed by atoms with van der Waals surface area (Å²) in [6.07, 6.45) is 4.95. The van der Waals surface area contributed by atoms with Crippen molar-refractivity contribution in [1.29, 1.82) is 0 Å². The summed E-state index contributed by atoms with van der Waals surface area (Å²) in [5.74, 6) is 0.678. The van der Waals surface area contributed by atoms with Gasteiger partial charge >= 0.3 is 0 Å². The quantitative estimate of drug-likeness (QED) is 0.544. The zero-order valence-electron chi connectivity index (χ0n) is 17.5. The van der Waals surface area contributed by atoms with Crippen LogP contribution >= 0.6 is 11.8 Å². The summed E-state index contributed by atoms with van der Waals surface area (Å²) in [7, 11) is 0. The van der Waals surface area contributed by atoms with Crippen LogP contribution in [0.2, 0.25) is 0 Å². The minimum Gasteiger partial charge on any atom is -0.326 e. The van der Waals surface area contributed by atoms with E-state index in [0.717, 1.165) is 29.8 Å². The van der Waals surface area contributed by atoms with Crippen molar-refractivity contribution in [2.75, 3.05) is 16.0 Å². The molecule has 2 aromatic carbocycles. The molecule has 5 heteroatoms. The highest BCUT2D eigenvalue weighted by Gasteiger charge is 2.34. The molecule has 1 N–H and O–H groups in total. The molecule has 0 radical (unpaired) electrons. The Bertz CT molecular complexity index is 864. The number of hydrogen-bond acceptors (Lipinski definition) is 3. The van der Waals surface area contributed by atoms with E-state index in [1.807, 2.05) is 35.2 Å². The smallest absolute Gasteiger partial charge is 0.238 e. The van der Waals surface area contributed by atoms with E-state index in [1.54, 1.807) is 11.8 Å². The van der Waals surface area contributed by atoms with Gasteiger partial charge in [-0.1, -0.05) is 44.4 Å². The van der Waals surface area contributed by atoms with E-state index in [-0.39, 0.29) is 17.2 Å². The van der Waals surface area contributed by atoms with E-state index in [1.165, 1.54) is 24.0 Å². The van der Waals surface area contributed by atoms with Crippen LogP contribution in [0.3, 0.4) is 0 Å². The second kappa shape index (κ2) is 9.97. The molecule has 1 aliphatic heterocycles. The van der Waals surface area contributed by atoms with Crippen LogP contribution in [-0.2, 0) is 9.59 Å². The van der Waals surface area contributed by atoms with Crippen LogP contribution in [0.15, 0.2) is 42.5 Å². The highest BCUT2D eigenvalue weighted by Crippen LogP contribution is 2.42. The van der Waals surface area contributed by atoms with E-state index in [0.29, 0.717) is 12.2 Å². The van der Waals surface area contributed by atoms with Gasteiger partial charge in [0.25, 0.3) is 0 Å². The third-order valence-corrected chi connectivity index (χ3v) is 6.59. The van der Waals surface area contributed by atoms with Gasteiger partial charge in [0.05, 0.1) is 5.75 Å². The van der Waals surface area contributed by atoms with Crippen LogP contribution in [0.25, 0.3) is 0 Å². The fourth-order valence-electron chi connectivity index (χ4n) is 3.49. The average molecular weight is 411 g/mol. The Morgan fingerprint density at radius 2 is 1.83 bits per heavy atom. The van der Waals surface area contributed by atoms with Crippen LogP contribution in [0.4, 0.5) is 11.4 Å². The van der Waals surface area contributed by atoms with Crippen molar-refractivity contribution < 1.29 is 9.59 Å². The molecular weight excluding hydrogens is 380 g/mol. The molecule has 0 unspecified atom stereocenters. The second-order valence-corrected chi connectivity index (χ2v) is 8.75. The molecule has 154 valence electrons. The minimum absolute atomic E-state index is 0.0385. The van der Waals surface area contributed by atoms with Gasteiger partial charge in [-0.3, -0.25) is 14.5 Å². The lowest BCUT2D eigenvalue weighted by molar-refractivity contribution is -0.116. The number of rotatable bonds is 8. The summed E-state index contributed by atoms with van der Waals surface area (Å²) < 4.78 is 0. The highest BCUT2D eigenvalue weighted by atomic mass is 32.2. The predicted molar refractivity (Wildman–Crippen MR) is 122 cm³/mol. The number of aryl methyl sites for hydroxylation is 2. The molecule has 0 aliphatic carbocycles. The van der Waals surface area contributed by atoms with Crippen molar-refractivity contribution in [3.05, 3.63) is 59.2 Å². The number of nitrogens with one attached hydrogen (secondary N) is 1. The zero-order chi connectivity index (χ0) is 20.8. The minimum atomic E-state index is -0.0385. The fourth-order valence-corrected chi connectivity index (χ4v) is 4.67. The third kappa shape index (κ3) is 5.41. The van der Waals surface area contributed by atoms with Gasteiger partial charge in [-0.05, 0) is 61.2 Å². The number of amides is 2. The molecule has 0 bridgehead atoms. The van der Waals surface area contributed by atoms with Gasteiger partial charge < -0.3 is 5.32 Å². The van der Waals surface area contributed by atoms with E-state index in [2.05, 4.69) is 38.2 Å². The molecular formula is C24H30N2O2S. The maximum absolute atomic E-state index is 12.6. The number of benzene rings is 2. The number of nitrogens with zero attached hydrogens (tertiary/aromatic N) is 1. The first-order chi connectivity index (χ1) is 14.0. The van der Waals surface area contributed by atoms with Crippen LogP contribution < -0.4 is 10.2 Å². The molecule has 2 amide bonds. The Balaban J connectivity index is 1.67. The molecule has 2 aromatic rings. The van der Waals surface area contributed by atoms with Gasteiger partial charge in [-0.15, -0.1) is 11.8 Å². The van der Waals surface area contributed by atoms with Crippen LogP contribution in [0, 0.1) is 13.8 Å². The van der Waals surface area contributed by atoms with E-state index in [9.17, 15) is 9.59 Å². The number of thioether (sulfide) groups is 1. The van der Waals surface area contributed by atoms with Crippen molar-refractivity contribution in [3.8, 4) is 0 Å². The molecule has 29 heavy (non-hydrogen) atoms. The molecule has 1 fully saturated rings. The SMILES string of the molecule is CCCCCCC(=O)Nc1ccc([C@@H]2SCC(=O)N2c2ccc(C)c(C)c2)cc1. The lowest BCUT2D eigenvalue weighted by atomic mass is 10.1. The third-order valence-electron chi connectivity index (χ3n) is 5.37. The van der Waals surface area contributed by atoms with E-state index >= 15 is 0 Å². The molecule has 1 saturated heterocycles. The largest absolute Gasteiger partial charge is 0.326 e. The summed E-state index contributed by atoms with van der Waals surface area (Å²) in [4.78, 5) is 26.5. The molecule has 4 nitrogen and oxygen atoms in total. The molecule has 1 aliphatic rings. The van der Waals surface area contributed by atoms with Gasteiger partial charge in [0.2, 0.25) is 11.8 Å². The van der Waals surface area contributed by atoms with Crippen molar-refractivity contribution in [2.24, 2.45) is 0 Å². The van der Waals surface area contributed by atoms with E-state index in [4.69, 9.17) is 0 Å². The maximum Gasteiger partial charge on any atom is 0.238 e. The lowest BCUT2D eigenvalue weighted by Crippen LogP contribution is -2.27. The number of carbonyl (C=O) groups is 2. The topological polar surface area (TPSA) is 49.4 Å². The Morgan fingerprint density at radius 1 is 1.07 bits per heavy atom. The molecule has 0 saturated carbocycles. The summed E-state index contributed by atoms with van der Waals surface area (Å²) >= 11 is 1.64. The highest BCUT2D eigenvalue weighted by molar-refractivity contribution is 8.00. The summed E-state index contributed by atoms with van der Waals surface area (Å²) in [6.45, 7) is 6.31. The van der Waals surface area contributed by atoms with Crippen molar-refractivity contribution in [3.63, 3.8) is 0 Å². The van der Waals surface area contributed by atoms with Crippen LogP contribution in [0.5, 0.6) is 0 Å². The Hall–Kier alpha value is -2.27. The first kappa shape index (κ1) is 21.4. The molecule has 3 rings (SSSR count). The Labute approximate surface area is 178 Å². The summed E-state index contributed by atoms with van der Waals surface area (Å²) in [5, 5.41) is 2.94. The zero-order valence-corrected chi connectivity index (χ0v) is 18.3. The number of anilines is 2. The van der Waals surface area contributed by atoms with Crippen molar-refractivity contribution in [1.82, 2.24) is 0 Å². The van der Waals surface area contributed by atoms with Gasteiger partial charge in [-0.25, -0.2) is 0 Å². The summed E-state index contributed by atoms with van der Waals surface area (Å²) in [5.41, 5.74) is 5.22. The standard InChI is InChI=1S/C24H30N2O2S/c1-4-5-6-7-8-22(27)25-20-12-10-19(11-13-20)24-26(23(28)16-29-24)21-14-9-17(2)18(3)15-21/h9-15,24H,4-8,16H2,1-3H3,(H,25,27)/t24-/m0/s1. The second-order valence-electron chi connectivity index (χ2n) is 7.68. The fraction of sp³-hybridized carbons (Fsp3) is 0.417. The molecule has 0 spiro atoms. The van der Waals surface area contributed by atoms with Crippen molar-refractivity contribution in [2.45, 2.75) is 58.2 Å². The first-order valence-corrected chi connectivity index (χ1v) is 11.4. The van der Waals surface area contributed by atoms with Gasteiger partial charge in [-0.2, -0.15) is 0 Å². The van der Waals surface area contributed by atoms with Crippen molar-refractivity contribution >= 4 is 35.0 Å². The summed E-state index contributed by atoms with van der Waals surface area (Å²) in [6, 6.07) is 14.1. The van der Waals surface area contributed by atoms with Gasteiger partial charge in [0.1, 0.15) is 5.37 Å². The normalized spacial score (nSPS) is 16.3. The molecule has 1 atom stereocenters. The lowest BCUT2D eigenvalue weighted by Gasteiger charge is -2.25. The van der Waals surface area contributed by atoms with Crippen LogP contribution in [0.1, 0.15) is 61.1 Å². The molecule has 0 aromatic heterocycles. The monoisotopic (exact) mass is 410 g/mol. The van der Waals surface area contributed by atoms with Gasteiger partial charge in [0, 0.05) is 17.8 Å². The number of unbranched alkanes of at least 4 members (excludes halogenated alkanes) is 3. The Morgan fingerprint density at radius 3 is 2.52 bits per heavy atom. The number of hydrogen-bond donors (Lipinski definition) is 1. The maximum atomic E-state index is 12.6. The molecule has 1 heterocycles.